The number of hydrogen-bond acceptors (Lipinski definition) is 2. The molecule has 2 heterocycles. The Bertz CT molecular complexity index is 502. The van der Waals surface area contributed by atoms with Crippen LogP contribution in [-0.2, 0) is 0 Å². The normalized spacial score (nSPS) is 11.1. The van der Waals surface area contributed by atoms with Crippen LogP contribution in [0.2, 0.25) is 10.2 Å². The number of aromatic nitrogens is 2. The first-order valence-corrected chi connectivity index (χ1v) is 7.53. The molecule has 2 aromatic rings. The van der Waals surface area contributed by atoms with Gasteiger partial charge in [-0.1, -0.05) is 23.2 Å². The van der Waals surface area contributed by atoms with E-state index in [1.54, 1.807) is 16.2 Å². The molecule has 0 atom stereocenters. The molecule has 14 heavy (non-hydrogen) atoms. The predicted molar refractivity (Wildman–Crippen MR) is 66.7 cm³/mol. The van der Waals surface area contributed by atoms with Crippen LogP contribution in [0.3, 0.4) is 0 Å². The maximum absolute atomic E-state index is 13.2. The summed E-state index contributed by atoms with van der Waals surface area (Å²) in [6.45, 7) is 0. The Morgan fingerprint density at radius 1 is 1.50 bits per heavy atom. The zero-order valence-corrected chi connectivity index (χ0v) is 11.0. The summed E-state index contributed by atoms with van der Waals surface area (Å²) < 4.78 is 15.0. The van der Waals surface area contributed by atoms with Crippen molar-refractivity contribution in [1.29, 1.82) is 0 Å². The third-order valence-corrected chi connectivity index (χ3v) is 4.05. The van der Waals surface area contributed by atoms with E-state index in [2.05, 4.69) is 26.2 Å². The first-order valence-electron chi connectivity index (χ1n) is 3.45. The molecule has 0 unspecified atom stereocenters. The zero-order valence-electron chi connectivity index (χ0n) is 6.47. The molecule has 2 nitrogen and oxygen atoms in total. The van der Waals surface area contributed by atoms with Gasteiger partial charge in [-0.25, -0.2) is 9.37 Å². The van der Waals surface area contributed by atoms with Gasteiger partial charge in [0.15, 0.2) is 16.6 Å². The van der Waals surface area contributed by atoms with E-state index in [0.29, 0.717) is 11.0 Å². The average Bonchev–Trinajstić information content (AvgIpc) is 2.57. The monoisotopic (exact) mass is 362 g/mol. The van der Waals surface area contributed by atoms with Gasteiger partial charge >= 0.3 is 0 Å². The third-order valence-electron chi connectivity index (χ3n) is 1.71. The summed E-state index contributed by atoms with van der Waals surface area (Å²) in [5, 5.41) is 0.384. The number of pyridine rings is 1. The molecule has 74 valence electrons. The molecule has 0 N–H and O–H groups in total. The summed E-state index contributed by atoms with van der Waals surface area (Å²) in [6.07, 6.45) is 1.76. The van der Waals surface area contributed by atoms with E-state index in [1.165, 1.54) is 9.12 Å². The Labute approximate surface area is 105 Å². The van der Waals surface area contributed by atoms with E-state index in [-0.39, 0.29) is 10.2 Å². The van der Waals surface area contributed by atoms with Gasteiger partial charge < -0.3 is 0 Å². The highest BCUT2D eigenvalue weighted by Gasteiger charge is 2.14. The second-order valence-electron chi connectivity index (χ2n) is 2.48. The summed E-state index contributed by atoms with van der Waals surface area (Å²) in [7, 11) is 1.41. The van der Waals surface area contributed by atoms with Gasteiger partial charge in [0.2, 0.25) is 0 Å². The van der Waals surface area contributed by atoms with Crippen LogP contribution < -0.4 is 0 Å². The van der Waals surface area contributed by atoms with E-state index in [1.807, 2.05) is 0 Å². The van der Waals surface area contributed by atoms with Gasteiger partial charge in [0.1, 0.15) is 0 Å². The predicted octanol–water partition coefficient (Wildman–Crippen LogP) is 4.33. The first kappa shape index (κ1) is 10.8. The lowest BCUT2D eigenvalue weighted by atomic mass is 10.3. The minimum absolute atomic E-state index is 0.0178. The average molecular weight is 363 g/mol. The fourth-order valence-electron chi connectivity index (χ4n) is 1.09. The zero-order chi connectivity index (χ0) is 10.3. The lowest BCUT2D eigenvalue weighted by molar-refractivity contribution is 0.625. The van der Waals surface area contributed by atoms with Crippen LogP contribution in [0.15, 0.2) is 12.3 Å². The Hall–Kier alpha value is 0.280. The Morgan fingerprint density at radius 3 is 2.86 bits per heavy atom. The van der Waals surface area contributed by atoms with Gasteiger partial charge in [-0.15, -0.1) is 0 Å². The molecule has 0 bridgehead atoms. The second-order valence-corrected chi connectivity index (χ2v) is 4.93. The molecule has 2 aromatic heterocycles. The molecule has 0 amide bonds. The highest BCUT2D eigenvalue weighted by atomic mass is 127. The number of nitrogens with zero attached hydrogens (tertiary/aromatic N) is 2. The molecular formula is C7H2Cl2FIN2S. The van der Waals surface area contributed by atoms with Gasteiger partial charge in [-0.05, 0) is 6.07 Å². The molecule has 0 aliphatic carbocycles. The molecule has 0 aliphatic rings. The highest BCUT2D eigenvalue weighted by molar-refractivity contribution is 14.2. The van der Waals surface area contributed by atoms with Gasteiger partial charge in [-0.2, -0.15) is 0 Å². The number of rotatable bonds is 1. The van der Waals surface area contributed by atoms with E-state index in [4.69, 9.17) is 23.2 Å². The Kier molecular flexibility index (Phi) is 3.11. The third kappa shape index (κ3) is 1.60. The van der Waals surface area contributed by atoms with E-state index >= 15 is 0 Å². The fraction of sp³-hybridized carbons (Fsp3) is 0. The van der Waals surface area contributed by atoms with Gasteiger partial charge in [0, 0.05) is 41.9 Å². The van der Waals surface area contributed by atoms with Crippen molar-refractivity contribution < 1.29 is 4.39 Å². The van der Waals surface area contributed by atoms with E-state index in [0.717, 1.165) is 0 Å². The molecule has 0 aromatic carbocycles. The van der Waals surface area contributed by atoms with Crippen LogP contribution in [0.25, 0.3) is 11.0 Å². The summed E-state index contributed by atoms with van der Waals surface area (Å²) >= 11 is 13.5. The summed E-state index contributed by atoms with van der Waals surface area (Å²) in [4.78, 5) is 3.91. The SMILES string of the molecule is Fc1c(Cl)nc2c(ccn2SI)c1Cl. The maximum atomic E-state index is 13.2. The van der Waals surface area contributed by atoms with Crippen LogP contribution in [0.5, 0.6) is 0 Å². The second kappa shape index (κ2) is 4.03. The van der Waals surface area contributed by atoms with Crippen molar-refractivity contribution in [3.8, 4) is 0 Å². The summed E-state index contributed by atoms with van der Waals surface area (Å²) in [5.74, 6) is -0.669. The van der Waals surface area contributed by atoms with Crippen molar-refractivity contribution >= 4 is 64.6 Å². The van der Waals surface area contributed by atoms with Crippen LogP contribution in [0, 0.1) is 5.82 Å². The highest BCUT2D eigenvalue weighted by Crippen LogP contribution is 2.32. The van der Waals surface area contributed by atoms with Crippen molar-refractivity contribution in [2.75, 3.05) is 0 Å². The molecule has 2 rings (SSSR count). The standard InChI is InChI=1S/C7H2Cl2FIN2S/c8-4-3-1-2-13(14-11)7(3)12-6(9)5(4)10/h1-2H. The van der Waals surface area contributed by atoms with Gasteiger partial charge in [0.05, 0.1) is 5.02 Å². The topological polar surface area (TPSA) is 17.8 Å². The molecule has 0 fully saturated rings. The molecule has 0 spiro atoms. The number of halogens is 4. The van der Waals surface area contributed by atoms with Crippen molar-refractivity contribution in [1.82, 2.24) is 8.96 Å². The smallest absolute Gasteiger partial charge is 0.179 e. The Morgan fingerprint density at radius 2 is 2.21 bits per heavy atom. The minimum Gasteiger partial charge on any atom is -0.266 e. The van der Waals surface area contributed by atoms with Crippen LogP contribution >= 0.6 is 53.5 Å². The van der Waals surface area contributed by atoms with Crippen molar-refractivity contribution in [2.45, 2.75) is 0 Å². The molecular weight excluding hydrogens is 361 g/mol. The lowest BCUT2D eigenvalue weighted by Crippen LogP contribution is -1.89. The van der Waals surface area contributed by atoms with Crippen molar-refractivity contribution in [3.63, 3.8) is 0 Å². The summed E-state index contributed by atoms with van der Waals surface area (Å²) in [5.41, 5.74) is 0.570. The quantitative estimate of drug-likeness (QED) is 0.555. The van der Waals surface area contributed by atoms with E-state index < -0.39 is 5.82 Å². The van der Waals surface area contributed by atoms with Crippen LogP contribution in [-0.4, -0.2) is 8.96 Å². The molecule has 7 heteroatoms. The van der Waals surface area contributed by atoms with E-state index in [9.17, 15) is 4.39 Å². The minimum atomic E-state index is -0.669. The van der Waals surface area contributed by atoms with Crippen molar-refractivity contribution in [2.24, 2.45) is 0 Å². The molecule has 0 aliphatic heterocycles. The Balaban J connectivity index is 2.86. The number of hydrogen-bond donors (Lipinski definition) is 0. The fourth-order valence-corrected chi connectivity index (χ4v) is 2.82. The van der Waals surface area contributed by atoms with Gasteiger partial charge in [-0.3, -0.25) is 3.97 Å². The van der Waals surface area contributed by atoms with Crippen LogP contribution in [0.1, 0.15) is 0 Å². The van der Waals surface area contributed by atoms with Crippen LogP contribution in [0.4, 0.5) is 4.39 Å². The molecule has 0 saturated heterocycles. The summed E-state index contributed by atoms with van der Waals surface area (Å²) in [6, 6.07) is 1.70. The molecule has 0 saturated carbocycles. The lowest BCUT2D eigenvalue weighted by Gasteiger charge is -2.00. The number of fused-ring (bicyclic) bond motifs is 1. The maximum Gasteiger partial charge on any atom is 0.179 e. The first-order chi connectivity index (χ1) is 6.65. The molecule has 0 radical (unpaired) electrons. The largest absolute Gasteiger partial charge is 0.266 e. The van der Waals surface area contributed by atoms with Crippen molar-refractivity contribution in [3.05, 3.63) is 28.3 Å². The van der Waals surface area contributed by atoms with Gasteiger partial charge in [0.25, 0.3) is 0 Å².